The lowest BCUT2D eigenvalue weighted by Crippen LogP contribution is -2.33. The minimum Gasteiger partial charge on any atom is -0.493 e. The Labute approximate surface area is 204 Å². The first kappa shape index (κ1) is 23.6. The zero-order chi connectivity index (χ0) is 24.1. The molecule has 3 aromatic carbocycles. The van der Waals surface area contributed by atoms with Crippen molar-refractivity contribution in [3.05, 3.63) is 88.7 Å². The number of aromatic nitrogens is 2. The molecule has 34 heavy (non-hydrogen) atoms. The summed E-state index contributed by atoms with van der Waals surface area (Å²) in [4.78, 5) is 18.0. The van der Waals surface area contributed by atoms with Crippen LogP contribution >= 0.6 is 11.6 Å². The molecule has 0 aliphatic heterocycles. The molecule has 1 atom stereocenters. The zero-order valence-electron chi connectivity index (χ0n) is 19.5. The molecule has 1 heterocycles. The summed E-state index contributed by atoms with van der Waals surface area (Å²) in [5.41, 5.74) is 3.90. The number of hydrogen-bond acceptors (Lipinski definition) is 4. The van der Waals surface area contributed by atoms with Crippen molar-refractivity contribution >= 4 is 28.5 Å². The van der Waals surface area contributed by atoms with Crippen LogP contribution in [0.3, 0.4) is 0 Å². The highest BCUT2D eigenvalue weighted by atomic mass is 35.5. The molecular weight excluding hydrogens is 450 g/mol. The van der Waals surface area contributed by atoms with Gasteiger partial charge in [-0.05, 0) is 60.9 Å². The van der Waals surface area contributed by atoms with E-state index in [0.29, 0.717) is 35.9 Å². The first-order valence-electron chi connectivity index (χ1n) is 11.2. The molecule has 0 radical (unpaired) electrons. The summed E-state index contributed by atoms with van der Waals surface area (Å²) in [5, 5.41) is 3.75. The molecule has 0 saturated carbocycles. The molecule has 1 aromatic heterocycles. The Morgan fingerprint density at radius 1 is 1.00 bits per heavy atom. The van der Waals surface area contributed by atoms with Gasteiger partial charge in [-0.15, -0.1) is 0 Å². The van der Waals surface area contributed by atoms with E-state index in [4.69, 9.17) is 26.1 Å². The predicted molar refractivity (Wildman–Crippen MR) is 135 cm³/mol. The molecule has 4 aromatic rings. The second-order valence-electron chi connectivity index (χ2n) is 8.10. The topological polar surface area (TPSA) is 65.4 Å². The first-order chi connectivity index (χ1) is 16.5. The third kappa shape index (κ3) is 5.18. The van der Waals surface area contributed by atoms with Crippen LogP contribution in [0.5, 0.6) is 11.5 Å². The molecule has 176 valence electrons. The molecule has 0 aliphatic rings. The highest BCUT2D eigenvalue weighted by molar-refractivity contribution is 6.30. The van der Waals surface area contributed by atoms with Gasteiger partial charge >= 0.3 is 0 Å². The summed E-state index contributed by atoms with van der Waals surface area (Å²) in [6.45, 7) is 2.41. The van der Waals surface area contributed by atoms with Crippen LogP contribution in [-0.2, 0) is 17.6 Å². The third-order valence-corrected chi connectivity index (χ3v) is 6.08. The van der Waals surface area contributed by atoms with Gasteiger partial charge in [-0.3, -0.25) is 4.79 Å². The Hall–Kier alpha value is -3.51. The lowest BCUT2D eigenvalue weighted by molar-refractivity contribution is -0.123. The molecule has 0 aliphatic carbocycles. The number of carbonyl (C=O) groups excluding carboxylic acids is 1. The second-order valence-corrected chi connectivity index (χ2v) is 8.54. The van der Waals surface area contributed by atoms with Crippen LogP contribution in [0.2, 0.25) is 5.02 Å². The SMILES string of the molecule is COc1ccc(CCNC(=O)[C@H](C)n2c(Cc3cccc(Cl)c3)nc3ccccc32)cc1OC. The number of benzene rings is 3. The van der Waals surface area contributed by atoms with Crippen molar-refractivity contribution in [1.82, 2.24) is 14.9 Å². The molecule has 0 fully saturated rings. The molecule has 0 unspecified atom stereocenters. The minimum absolute atomic E-state index is 0.0593. The second kappa shape index (κ2) is 10.6. The fourth-order valence-corrected chi connectivity index (χ4v) is 4.32. The molecule has 4 rings (SSSR count). The molecule has 1 amide bonds. The van der Waals surface area contributed by atoms with Crippen molar-refractivity contribution < 1.29 is 14.3 Å². The number of nitrogens with one attached hydrogen (secondary N) is 1. The van der Waals surface area contributed by atoms with Crippen molar-refractivity contribution in [2.24, 2.45) is 0 Å². The summed E-state index contributed by atoms with van der Waals surface area (Å²) in [6.07, 6.45) is 1.26. The highest BCUT2D eigenvalue weighted by Gasteiger charge is 2.21. The van der Waals surface area contributed by atoms with E-state index in [2.05, 4.69) is 5.32 Å². The van der Waals surface area contributed by atoms with Gasteiger partial charge in [0.15, 0.2) is 11.5 Å². The average molecular weight is 478 g/mol. The normalized spacial score (nSPS) is 11.9. The van der Waals surface area contributed by atoms with E-state index < -0.39 is 6.04 Å². The van der Waals surface area contributed by atoms with Gasteiger partial charge in [0.25, 0.3) is 0 Å². The van der Waals surface area contributed by atoms with Gasteiger partial charge in [0.1, 0.15) is 11.9 Å². The maximum atomic E-state index is 13.1. The predicted octanol–water partition coefficient (Wildman–Crippen LogP) is 5.22. The monoisotopic (exact) mass is 477 g/mol. The lowest BCUT2D eigenvalue weighted by atomic mass is 10.1. The van der Waals surface area contributed by atoms with E-state index in [1.54, 1.807) is 14.2 Å². The summed E-state index contributed by atoms with van der Waals surface area (Å²) < 4.78 is 12.7. The number of methoxy groups -OCH3 is 2. The Morgan fingerprint density at radius 2 is 1.79 bits per heavy atom. The number of hydrogen-bond donors (Lipinski definition) is 1. The number of rotatable bonds is 9. The van der Waals surface area contributed by atoms with E-state index in [1.807, 2.05) is 78.2 Å². The van der Waals surface area contributed by atoms with E-state index in [0.717, 1.165) is 28.0 Å². The number of fused-ring (bicyclic) bond motifs is 1. The summed E-state index contributed by atoms with van der Waals surface area (Å²) in [5.74, 6) is 2.13. The van der Waals surface area contributed by atoms with Crippen LogP contribution < -0.4 is 14.8 Å². The number of carbonyl (C=O) groups is 1. The number of ether oxygens (including phenoxy) is 2. The minimum atomic E-state index is -0.424. The van der Waals surface area contributed by atoms with Gasteiger partial charge in [-0.2, -0.15) is 0 Å². The van der Waals surface area contributed by atoms with Gasteiger partial charge in [0.05, 0.1) is 25.3 Å². The quantitative estimate of drug-likeness (QED) is 0.359. The largest absolute Gasteiger partial charge is 0.493 e. The van der Waals surface area contributed by atoms with Crippen LogP contribution in [0.15, 0.2) is 66.7 Å². The van der Waals surface area contributed by atoms with Gasteiger partial charge in [0, 0.05) is 18.0 Å². The highest BCUT2D eigenvalue weighted by Crippen LogP contribution is 2.28. The number of imidazole rings is 1. The van der Waals surface area contributed by atoms with Gasteiger partial charge in [0.2, 0.25) is 5.91 Å². The van der Waals surface area contributed by atoms with Crippen LogP contribution in [-0.4, -0.2) is 36.2 Å². The molecule has 7 heteroatoms. The molecule has 1 N–H and O–H groups in total. The van der Waals surface area contributed by atoms with E-state index >= 15 is 0 Å². The number of nitrogens with zero attached hydrogens (tertiary/aromatic N) is 2. The first-order valence-corrected chi connectivity index (χ1v) is 11.6. The Balaban J connectivity index is 1.50. The standard InChI is InChI=1S/C27H28ClN3O3/c1-18(27(32)29-14-13-19-11-12-24(33-2)25(16-19)34-3)31-23-10-5-4-9-22(23)30-26(31)17-20-7-6-8-21(28)15-20/h4-12,15-16,18H,13-14,17H2,1-3H3,(H,29,32)/t18-/m0/s1. The van der Waals surface area contributed by atoms with Crippen LogP contribution in [0.1, 0.15) is 29.9 Å². The molecule has 6 nitrogen and oxygen atoms in total. The smallest absolute Gasteiger partial charge is 0.242 e. The van der Waals surface area contributed by atoms with E-state index in [9.17, 15) is 4.79 Å². The molecular formula is C27H28ClN3O3. The van der Waals surface area contributed by atoms with Crippen LogP contribution in [0.4, 0.5) is 0 Å². The van der Waals surface area contributed by atoms with Crippen molar-refractivity contribution in [2.75, 3.05) is 20.8 Å². The maximum absolute atomic E-state index is 13.1. The average Bonchev–Trinajstić information content (AvgIpc) is 3.21. The van der Waals surface area contributed by atoms with Gasteiger partial charge in [-0.1, -0.05) is 41.9 Å². The fraction of sp³-hybridized carbons (Fsp3) is 0.259. The maximum Gasteiger partial charge on any atom is 0.242 e. The zero-order valence-corrected chi connectivity index (χ0v) is 20.3. The molecule has 0 saturated heterocycles. The Kier molecular flexibility index (Phi) is 7.38. The fourth-order valence-electron chi connectivity index (χ4n) is 4.11. The number of amides is 1. The summed E-state index contributed by atoms with van der Waals surface area (Å²) in [7, 11) is 3.22. The Bertz CT molecular complexity index is 1300. The molecule has 0 bridgehead atoms. The van der Waals surface area contributed by atoms with Crippen LogP contribution in [0, 0.1) is 0 Å². The van der Waals surface area contributed by atoms with Crippen LogP contribution in [0.25, 0.3) is 11.0 Å². The van der Waals surface area contributed by atoms with Crippen molar-refractivity contribution in [3.63, 3.8) is 0 Å². The molecule has 0 spiro atoms. The third-order valence-electron chi connectivity index (χ3n) is 5.85. The number of para-hydroxylation sites is 2. The van der Waals surface area contributed by atoms with E-state index in [1.165, 1.54) is 0 Å². The van der Waals surface area contributed by atoms with Crippen molar-refractivity contribution in [1.29, 1.82) is 0 Å². The number of halogens is 1. The Morgan fingerprint density at radius 3 is 2.56 bits per heavy atom. The van der Waals surface area contributed by atoms with E-state index in [-0.39, 0.29) is 5.91 Å². The lowest BCUT2D eigenvalue weighted by Gasteiger charge is -2.18. The summed E-state index contributed by atoms with van der Waals surface area (Å²) in [6, 6.07) is 21.0. The summed E-state index contributed by atoms with van der Waals surface area (Å²) >= 11 is 6.18. The van der Waals surface area contributed by atoms with Gasteiger partial charge in [-0.25, -0.2) is 4.98 Å². The van der Waals surface area contributed by atoms with Crippen molar-refractivity contribution in [3.8, 4) is 11.5 Å². The van der Waals surface area contributed by atoms with Gasteiger partial charge < -0.3 is 19.4 Å². The van der Waals surface area contributed by atoms with Crippen molar-refractivity contribution in [2.45, 2.75) is 25.8 Å².